The molecule has 2 atom stereocenters. The fourth-order valence-electron chi connectivity index (χ4n) is 2.77. The molecular weight excluding hydrogens is 336 g/mol. The van der Waals surface area contributed by atoms with Gasteiger partial charge in [0.05, 0.1) is 12.6 Å². The summed E-state index contributed by atoms with van der Waals surface area (Å²) < 4.78 is 0. The maximum atomic E-state index is 12.6. The molecule has 0 aromatic rings. The molecule has 0 radical (unpaired) electrons. The van der Waals surface area contributed by atoms with Gasteiger partial charge in [0, 0.05) is 19.5 Å². The van der Waals surface area contributed by atoms with Crippen LogP contribution in [0.5, 0.6) is 0 Å². The standard InChI is InChI=1S/C18H26N4O4/c1-4-6-8-13(16(24)18(26)20-10-5-2)21-17(25)14-9-7-11-22(14)15(23)12-19-3/h1,5,13-14,19H,2,6-12H2,3H3,(H,20,26)(H,21,25). The first-order valence-corrected chi connectivity index (χ1v) is 8.57. The highest BCUT2D eigenvalue weighted by atomic mass is 16.2. The van der Waals surface area contributed by atoms with E-state index in [0.717, 1.165) is 0 Å². The zero-order valence-electron chi connectivity index (χ0n) is 15.0. The van der Waals surface area contributed by atoms with E-state index in [1.165, 1.54) is 11.0 Å². The van der Waals surface area contributed by atoms with E-state index in [0.29, 0.717) is 19.4 Å². The van der Waals surface area contributed by atoms with Crippen molar-refractivity contribution >= 4 is 23.5 Å². The Morgan fingerprint density at radius 3 is 2.73 bits per heavy atom. The Labute approximate surface area is 153 Å². The first-order chi connectivity index (χ1) is 12.5. The molecule has 26 heavy (non-hydrogen) atoms. The van der Waals surface area contributed by atoms with Crippen LogP contribution in [0.1, 0.15) is 25.7 Å². The second-order valence-corrected chi connectivity index (χ2v) is 5.94. The van der Waals surface area contributed by atoms with Crippen molar-refractivity contribution in [1.29, 1.82) is 0 Å². The van der Waals surface area contributed by atoms with Crippen LogP contribution in [0.4, 0.5) is 0 Å². The second-order valence-electron chi connectivity index (χ2n) is 5.94. The summed E-state index contributed by atoms with van der Waals surface area (Å²) in [6.07, 6.45) is 8.29. The van der Waals surface area contributed by atoms with E-state index >= 15 is 0 Å². The number of nitrogens with one attached hydrogen (secondary N) is 3. The summed E-state index contributed by atoms with van der Waals surface area (Å²) in [5.41, 5.74) is 0. The van der Waals surface area contributed by atoms with Crippen LogP contribution in [0.15, 0.2) is 12.7 Å². The number of nitrogens with zero attached hydrogens (tertiary/aromatic N) is 1. The van der Waals surface area contributed by atoms with Gasteiger partial charge in [0.15, 0.2) is 0 Å². The second kappa shape index (κ2) is 11.1. The molecule has 8 heteroatoms. The van der Waals surface area contributed by atoms with Crippen LogP contribution < -0.4 is 16.0 Å². The van der Waals surface area contributed by atoms with Gasteiger partial charge in [-0.05, 0) is 26.3 Å². The number of likely N-dealkylation sites (tertiary alicyclic amines) is 1. The summed E-state index contributed by atoms with van der Waals surface area (Å²) in [4.78, 5) is 50.4. The Bertz CT molecular complexity index is 596. The predicted molar refractivity (Wildman–Crippen MR) is 96.9 cm³/mol. The molecule has 142 valence electrons. The first kappa shape index (κ1) is 21.4. The van der Waals surface area contributed by atoms with Crippen molar-refractivity contribution in [1.82, 2.24) is 20.9 Å². The molecule has 0 saturated carbocycles. The summed E-state index contributed by atoms with van der Waals surface area (Å²) in [5.74, 6) is 0.205. The van der Waals surface area contributed by atoms with Crippen molar-refractivity contribution in [2.24, 2.45) is 0 Å². The Kier molecular flexibility index (Phi) is 9.09. The van der Waals surface area contributed by atoms with Gasteiger partial charge in [-0.25, -0.2) is 0 Å². The molecule has 0 aromatic carbocycles. The molecule has 1 aliphatic heterocycles. The summed E-state index contributed by atoms with van der Waals surface area (Å²) in [6.45, 7) is 4.23. The maximum Gasteiger partial charge on any atom is 0.289 e. The van der Waals surface area contributed by atoms with Crippen LogP contribution >= 0.6 is 0 Å². The molecule has 0 aromatic heterocycles. The number of amides is 3. The molecule has 1 aliphatic rings. The van der Waals surface area contributed by atoms with Crippen molar-refractivity contribution in [3.8, 4) is 12.3 Å². The minimum Gasteiger partial charge on any atom is -0.346 e. The lowest BCUT2D eigenvalue weighted by atomic mass is 10.0. The number of carbonyl (C=O) groups excluding carboxylic acids is 4. The van der Waals surface area contributed by atoms with Crippen molar-refractivity contribution in [3.63, 3.8) is 0 Å². The van der Waals surface area contributed by atoms with E-state index in [1.54, 1.807) is 7.05 Å². The lowest BCUT2D eigenvalue weighted by Gasteiger charge is -2.26. The molecule has 1 heterocycles. The number of hydrogen-bond acceptors (Lipinski definition) is 5. The zero-order chi connectivity index (χ0) is 19.5. The van der Waals surface area contributed by atoms with Gasteiger partial charge < -0.3 is 20.9 Å². The fraction of sp³-hybridized carbons (Fsp3) is 0.556. The Morgan fingerprint density at radius 2 is 2.12 bits per heavy atom. The average molecular weight is 362 g/mol. The number of terminal acetylenes is 1. The quantitative estimate of drug-likeness (QED) is 0.262. The molecule has 3 N–H and O–H groups in total. The third-order valence-electron chi connectivity index (χ3n) is 4.04. The molecule has 3 amide bonds. The number of ketones is 1. The normalized spacial score (nSPS) is 17.1. The molecule has 0 spiro atoms. The summed E-state index contributed by atoms with van der Waals surface area (Å²) in [6, 6.07) is -1.67. The lowest BCUT2D eigenvalue weighted by Crippen LogP contribution is -2.54. The van der Waals surface area contributed by atoms with Gasteiger partial charge in [0.1, 0.15) is 6.04 Å². The van der Waals surface area contributed by atoms with Gasteiger partial charge in [0.25, 0.3) is 5.91 Å². The lowest BCUT2D eigenvalue weighted by molar-refractivity contribution is -0.142. The highest BCUT2D eigenvalue weighted by molar-refractivity contribution is 6.38. The highest BCUT2D eigenvalue weighted by Gasteiger charge is 2.36. The zero-order valence-corrected chi connectivity index (χ0v) is 15.0. The molecule has 0 aliphatic carbocycles. The largest absolute Gasteiger partial charge is 0.346 e. The monoisotopic (exact) mass is 362 g/mol. The van der Waals surface area contributed by atoms with Gasteiger partial charge in [-0.1, -0.05) is 6.08 Å². The number of Topliss-reactive ketones (excluding diaryl/α,β-unsaturated/α-hetero) is 1. The van der Waals surface area contributed by atoms with Gasteiger partial charge in [-0.15, -0.1) is 18.9 Å². The topological polar surface area (TPSA) is 108 Å². The SMILES string of the molecule is C#CCCC(NC(=O)C1CCCN1C(=O)CNC)C(=O)C(=O)NCC=C. The van der Waals surface area contributed by atoms with Crippen LogP contribution in [-0.4, -0.2) is 67.2 Å². The van der Waals surface area contributed by atoms with Gasteiger partial charge >= 0.3 is 0 Å². The molecule has 1 rings (SSSR count). The minimum absolute atomic E-state index is 0.132. The smallest absolute Gasteiger partial charge is 0.289 e. The van der Waals surface area contributed by atoms with E-state index < -0.39 is 29.7 Å². The predicted octanol–water partition coefficient (Wildman–Crippen LogP) is -1.03. The van der Waals surface area contributed by atoms with E-state index in [1.807, 2.05) is 0 Å². The minimum atomic E-state index is -1.02. The number of likely N-dealkylation sites (N-methyl/N-ethyl adjacent to an activating group) is 1. The van der Waals surface area contributed by atoms with Crippen molar-refractivity contribution in [2.75, 3.05) is 26.7 Å². The summed E-state index contributed by atoms with van der Waals surface area (Å²) in [7, 11) is 1.65. The van der Waals surface area contributed by atoms with Gasteiger partial charge in [-0.2, -0.15) is 0 Å². The average Bonchev–Trinajstić information content (AvgIpc) is 3.12. The van der Waals surface area contributed by atoms with Crippen molar-refractivity contribution in [3.05, 3.63) is 12.7 Å². The van der Waals surface area contributed by atoms with E-state index in [2.05, 4.69) is 28.4 Å². The van der Waals surface area contributed by atoms with E-state index in [9.17, 15) is 19.2 Å². The van der Waals surface area contributed by atoms with Crippen LogP contribution in [0.3, 0.4) is 0 Å². The summed E-state index contributed by atoms with van der Waals surface area (Å²) >= 11 is 0. The highest BCUT2D eigenvalue weighted by Crippen LogP contribution is 2.18. The Balaban J connectivity index is 2.79. The number of rotatable bonds is 10. The maximum absolute atomic E-state index is 12.6. The molecule has 0 bridgehead atoms. The molecule has 8 nitrogen and oxygen atoms in total. The number of carbonyl (C=O) groups is 4. The van der Waals surface area contributed by atoms with Gasteiger partial charge in [0.2, 0.25) is 17.6 Å². The van der Waals surface area contributed by atoms with Crippen LogP contribution in [0.2, 0.25) is 0 Å². The molecule has 1 fully saturated rings. The third-order valence-corrected chi connectivity index (χ3v) is 4.04. The first-order valence-electron chi connectivity index (χ1n) is 8.57. The van der Waals surface area contributed by atoms with Crippen molar-refractivity contribution in [2.45, 2.75) is 37.8 Å². The van der Waals surface area contributed by atoms with Crippen LogP contribution in [-0.2, 0) is 19.2 Å². The fourth-order valence-corrected chi connectivity index (χ4v) is 2.77. The summed E-state index contributed by atoms with van der Waals surface area (Å²) in [5, 5.41) is 7.75. The molecular formula is C18H26N4O4. The van der Waals surface area contributed by atoms with Crippen LogP contribution in [0, 0.1) is 12.3 Å². The molecule has 2 unspecified atom stereocenters. The Morgan fingerprint density at radius 1 is 1.38 bits per heavy atom. The molecule has 1 saturated heterocycles. The Hall–Kier alpha value is -2.66. The van der Waals surface area contributed by atoms with Crippen LogP contribution in [0.25, 0.3) is 0 Å². The van der Waals surface area contributed by atoms with Crippen molar-refractivity contribution < 1.29 is 19.2 Å². The van der Waals surface area contributed by atoms with E-state index in [4.69, 9.17) is 6.42 Å². The number of hydrogen-bond donors (Lipinski definition) is 3. The van der Waals surface area contributed by atoms with Gasteiger partial charge in [-0.3, -0.25) is 19.2 Å². The third kappa shape index (κ3) is 6.01. The van der Waals surface area contributed by atoms with E-state index in [-0.39, 0.29) is 31.8 Å².